The van der Waals surface area contributed by atoms with Gasteiger partial charge < -0.3 is 9.30 Å². The number of nitrogens with zero attached hydrogens (tertiary/aromatic N) is 2. The number of benzene rings is 1. The molecule has 0 amide bonds. The third kappa shape index (κ3) is 2.22. The van der Waals surface area contributed by atoms with Crippen molar-refractivity contribution in [3.63, 3.8) is 0 Å². The largest absolute Gasteiger partial charge is 0.465 e. The molecule has 6 nitrogen and oxygen atoms in total. The number of hydrogen-bond donors (Lipinski definition) is 1. The van der Waals surface area contributed by atoms with Gasteiger partial charge in [-0.25, -0.2) is 9.89 Å². The standard InChI is InChI=1S/C18H17N3O3/c1-24-18(23)14-10-21(9-13-16(14)19-20-17(13)22)15-8-4-6-11-5-2-3-7-12(11)15/h2-3,5,7,9-10,15H,4,6,8H2,1H3,(H,20,22)/t15-/m0/s1. The minimum atomic E-state index is -0.495. The summed E-state index contributed by atoms with van der Waals surface area (Å²) in [5.41, 5.74) is 3.31. The number of nitrogens with one attached hydrogen (secondary N) is 1. The average Bonchev–Trinajstić information content (AvgIpc) is 3.01. The summed E-state index contributed by atoms with van der Waals surface area (Å²) in [6.07, 6.45) is 6.59. The molecule has 0 spiro atoms. The molecule has 0 aromatic heterocycles. The molecule has 0 bridgehead atoms. The number of aromatic amines is 1. The summed E-state index contributed by atoms with van der Waals surface area (Å²) in [5.74, 6) is -0.495. The number of carbonyl (C=O) groups is 1. The topological polar surface area (TPSA) is 77.0 Å². The van der Waals surface area contributed by atoms with E-state index in [-0.39, 0.29) is 11.6 Å². The molecule has 1 atom stereocenters. The van der Waals surface area contributed by atoms with Crippen LogP contribution in [0.1, 0.15) is 40.4 Å². The molecule has 0 saturated carbocycles. The number of pyridine rings is 1. The van der Waals surface area contributed by atoms with E-state index in [4.69, 9.17) is 4.74 Å². The van der Waals surface area contributed by atoms with Crippen molar-refractivity contribution in [3.8, 4) is 11.3 Å². The quantitative estimate of drug-likeness (QED) is 0.735. The fourth-order valence-electron chi connectivity index (χ4n) is 3.53. The smallest absolute Gasteiger partial charge is 0.341 e. The lowest BCUT2D eigenvalue weighted by atomic mass is 9.87. The fourth-order valence-corrected chi connectivity index (χ4v) is 3.53. The maximum atomic E-state index is 12.1. The van der Waals surface area contributed by atoms with Gasteiger partial charge in [-0.1, -0.05) is 24.3 Å². The van der Waals surface area contributed by atoms with E-state index in [0.29, 0.717) is 16.8 Å². The Morgan fingerprint density at radius 3 is 3.00 bits per heavy atom. The van der Waals surface area contributed by atoms with Gasteiger partial charge in [0.25, 0.3) is 5.56 Å². The van der Waals surface area contributed by atoms with Crippen LogP contribution < -0.4 is 5.56 Å². The molecule has 24 heavy (non-hydrogen) atoms. The summed E-state index contributed by atoms with van der Waals surface area (Å²) in [5, 5.41) is 6.38. The van der Waals surface area contributed by atoms with Gasteiger partial charge in [0.05, 0.1) is 18.7 Å². The van der Waals surface area contributed by atoms with Gasteiger partial charge in [0.15, 0.2) is 0 Å². The summed E-state index contributed by atoms with van der Waals surface area (Å²) in [7, 11) is 1.33. The van der Waals surface area contributed by atoms with Crippen molar-refractivity contribution in [1.82, 2.24) is 14.8 Å². The van der Waals surface area contributed by atoms with Crippen molar-refractivity contribution in [3.05, 3.63) is 63.7 Å². The molecule has 122 valence electrons. The Morgan fingerprint density at radius 1 is 1.33 bits per heavy atom. The normalized spacial score (nSPS) is 16.8. The summed E-state index contributed by atoms with van der Waals surface area (Å²) >= 11 is 0. The molecule has 0 saturated heterocycles. The van der Waals surface area contributed by atoms with E-state index in [9.17, 15) is 9.59 Å². The molecule has 1 aromatic carbocycles. The highest BCUT2D eigenvalue weighted by Crippen LogP contribution is 2.34. The Hall–Kier alpha value is -2.89. The lowest BCUT2D eigenvalue weighted by Crippen LogP contribution is -2.20. The van der Waals surface area contributed by atoms with Crippen LogP contribution in [0.5, 0.6) is 0 Å². The molecule has 4 rings (SSSR count). The zero-order chi connectivity index (χ0) is 16.7. The first kappa shape index (κ1) is 14.7. The minimum absolute atomic E-state index is 0.0945. The molecule has 6 heteroatoms. The molecule has 0 fully saturated rings. The van der Waals surface area contributed by atoms with E-state index in [0.717, 1.165) is 19.3 Å². The zero-order valence-electron chi connectivity index (χ0n) is 13.3. The van der Waals surface area contributed by atoms with Gasteiger partial charge in [-0.3, -0.25) is 4.79 Å². The van der Waals surface area contributed by atoms with Crippen LogP contribution >= 0.6 is 0 Å². The number of esters is 1. The number of aromatic nitrogens is 3. The molecule has 3 aliphatic rings. The predicted octanol–water partition coefficient (Wildman–Crippen LogP) is 2.39. The first-order valence-electron chi connectivity index (χ1n) is 7.95. The van der Waals surface area contributed by atoms with Crippen LogP contribution in [0.4, 0.5) is 0 Å². The third-order valence-corrected chi connectivity index (χ3v) is 4.68. The lowest BCUT2D eigenvalue weighted by Gasteiger charge is -2.28. The second kappa shape index (κ2) is 5.63. The molecule has 0 unspecified atom stereocenters. The summed E-state index contributed by atoms with van der Waals surface area (Å²) in [4.78, 5) is 24.2. The Balaban J connectivity index is 1.92. The second-order valence-corrected chi connectivity index (χ2v) is 6.03. The van der Waals surface area contributed by atoms with Gasteiger partial charge in [-0.05, 0) is 30.4 Å². The molecule has 1 N–H and O–H groups in total. The van der Waals surface area contributed by atoms with E-state index in [1.54, 1.807) is 12.4 Å². The molecule has 1 aromatic rings. The van der Waals surface area contributed by atoms with Crippen molar-refractivity contribution in [1.29, 1.82) is 0 Å². The Labute approximate surface area is 138 Å². The van der Waals surface area contributed by atoms with Gasteiger partial charge in [0, 0.05) is 12.4 Å². The maximum absolute atomic E-state index is 12.1. The van der Waals surface area contributed by atoms with Crippen LogP contribution in [0.2, 0.25) is 0 Å². The molecule has 2 heterocycles. The van der Waals surface area contributed by atoms with Crippen molar-refractivity contribution < 1.29 is 9.53 Å². The van der Waals surface area contributed by atoms with Crippen LogP contribution in [0.3, 0.4) is 0 Å². The number of fused-ring (bicyclic) bond motifs is 2. The number of hydrogen-bond acceptors (Lipinski definition) is 4. The van der Waals surface area contributed by atoms with Crippen LogP contribution in [0, 0.1) is 0 Å². The summed E-state index contributed by atoms with van der Waals surface area (Å²) in [6.45, 7) is 0. The van der Waals surface area contributed by atoms with Gasteiger partial charge in [-0.2, -0.15) is 5.10 Å². The Kier molecular flexibility index (Phi) is 3.45. The average molecular weight is 323 g/mol. The number of methoxy groups -OCH3 is 1. The van der Waals surface area contributed by atoms with Gasteiger partial charge in [-0.15, -0.1) is 0 Å². The fraction of sp³-hybridized carbons (Fsp3) is 0.278. The highest BCUT2D eigenvalue weighted by Gasteiger charge is 2.26. The van der Waals surface area contributed by atoms with Gasteiger partial charge >= 0.3 is 5.97 Å². The third-order valence-electron chi connectivity index (χ3n) is 4.68. The lowest BCUT2D eigenvalue weighted by molar-refractivity contribution is 0.0600. The van der Waals surface area contributed by atoms with Gasteiger partial charge in [0.1, 0.15) is 11.3 Å². The van der Waals surface area contributed by atoms with E-state index >= 15 is 0 Å². The van der Waals surface area contributed by atoms with Crippen LogP contribution in [-0.2, 0) is 11.2 Å². The Bertz CT molecular complexity index is 941. The van der Waals surface area contributed by atoms with Crippen LogP contribution in [-0.4, -0.2) is 27.8 Å². The van der Waals surface area contributed by atoms with E-state index in [1.165, 1.54) is 18.2 Å². The summed E-state index contributed by atoms with van der Waals surface area (Å²) < 4.78 is 6.81. The second-order valence-electron chi connectivity index (χ2n) is 6.03. The SMILES string of the molecule is COC(=O)c1cn([C@H]2CCCc3ccccc32)cc2c(=O)[nH]nc1-2. The van der Waals surface area contributed by atoms with E-state index in [2.05, 4.69) is 22.3 Å². The highest BCUT2D eigenvalue weighted by molar-refractivity contribution is 5.95. The predicted molar refractivity (Wildman–Crippen MR) is 88.3 cm³/mol. The number of carbonyl (C=O) groups excluding carboxylic acids is 1. The molecular weight excluding hydrogens is 306 g/mol. The number of rotatable bonds is 2. The molecule has 2 aliphatic heterocycles. The number of H-pyrrole nitrogens is 1. The number of aryl methyl sites for hydroxylation is 1. The molecule has 0 radical (unpaired) electrons. The number of ether oxygens (including phenoxy) is 1. The van der Waals surface area contributed by atoms with E-state index < -0.39 is 5.97 Å². The Morgan fingerprint density at radius 2 is 2.17 bits per heavy atom. The van der Waals surface area contributed by atoms with Gasteiger partial charge in [0.2, 0.25) is 0 Å². The zero-order valence-corrected chi connectivity index (χ0v) is 13.3. The minimum Gasteiger partial charge on any atom is -0.465 e. The monoisotopic (exact) mass is 323 g/mol. The molecular formula is C18H17N3O3. The van der Waals surface area contributed by atoms with Crippen molar-refractivity contribution in [2.24, 2.45) is 0 Å². The summed E-state index contributed by atoms with van der Waals surface area (Å²) in [6, 6.07) is 8.41. The first-order chi connectivity index (χ1) is 11.7. The highest BCUT2D eigenvalue weighted by atomic mass is 16.5. The van der Waals surface area contributed by atoms with Crippen molar-refractivity contribution >= 4 is 5.97 Å². The van der Waals surface area contributed by atoms with Crippen LogP contribution in [0.15, 0.2) is 41.5 Å². The van der Waals surface area contributed by atoms with Crippen molar-refractivity contribution in [2.75, 3.05) is 7.11 Å². The van der Waals surface area contributed by atoms with Crippen molar-refractivity contribution in [2.45, 2.75) is 25.3 Å². The van der Waals surface area contributed by atoms with Crippen LogP contribution in [0.25, 0.3) is 11.3 Å². The molecule has 1 aliphatic carbocycles. The first-order valence-corrected chi connectivity index (χ1v) is 7.95. The van der Waals surface area contributed by atoms with E-state index in [1.807, 2.05) is 16.7 Å². The maximum Gasteiger partial charge on any atom is 0.341 e.